The first kappa shape index (κ1) is 10.1. The normalized spacial score (nSPS) is 20.9. The highest BCUT2D eigenvalue weighted by atomic mass is 32.2. The molecule has 14 heavy (non-hydrogen) atoms. The predicted molar refractivity (Wildman–Crippen MR) is 60.3 cm³/mol. The number of hydrogen-bond donors (Lipinski definition) is 1. The van der Waals surface area contributed by atoms with E-state index in [1.807, 2.05) is 6.07 Å². The maximum atomic E-state index is 6.10. The summed E-state index contributed by atoms with van der Waals surface area (Å²) in [6.07, 6.45) is 7.24. The highest BCUT2D eigenvalue weighted by Crippen LogP contribution is 2.29. The van der Waals surface area contributed by atoms with Gasteiger partial charge in [-0.25, -0.2) is 0 Å². The summed E-state index contributed by atoms with van der Waals surface area (Å²) in [4.78, 5) is 0. The topological polar surface area (TPSA) is 39.2 Å². The average molecular weight is 211 g/mol. The Morgan fingerprint density at radius 2 is 2.29 bits per heavy atom. The Hall–Kier alpha value is -0.410. The first-order chi connectivity index (χ1) is 6.86. The third-order valence-corrected chi connectivity index (χ3v) is 3.95. The highest BCUT2D eigenvalue weighted by molar-refractivity contribution is 7.99. The molecular formula is C11H17NOS. The molecule has 2 nitrogen and oxygen atoms in total. The van der Waals surface area contributed by atoms with E-state index in [1.54, 1.807) is 12.5 Å². The van der Waals surface area contributed by atoms with E-state index in [0.717, 1.165) is 17.9 Å². The summed E-state index contributed by atoms with van der Waals surface area (Å²) in [5.74, 6) is 3.44. The summed E-state index contributed by atoms with van der Waals surface area (Å²) < 4.78 is 5.04. The van der Waals surface area contributed by atoms with E-state index < -0.39 is 0 Å². The summed E-state index contributed by atoms with van der Waals surface area (Å²) in [5.41, 5.74) is 7.25. The van der Waals surface area contributed by atoms with Crippen LogP contribution in [0, 0.1) is 5.92 Å². The van der Waals surface area contributed by atoms with Crippen molar-refractivity contribution in [3.05, 3.63) is 24.2 Å². The molecule has 3 heteroatoms. The molecule has 2 N–H and O–H groups in total. The Balaban J connectivity index is 1.84. The van der Waals surface area contributed by atoms with E-state index in [1.165, 1.54) is 24.3 Å². The largest absolute Gasteiger partial charge is 0.472 e. The number of rotatable bonds is 3. The van der Waals surface area contributed by atoms with Crippen LogP contribution in [0.15, 0.2) is 23.0 Å². The van der Waals surface area contributed by atoms with E-state index in [2.05, 4.69) is 11.8 Å². The van der Waals surface area contributed by atoms with Gasteiger partial charge in [0.1, 0.15) is 0 Å². The van der Waals surface area contributed by atoms with Crippen LogP contribution in [0.2, 0.25) is 0 Å². The summed E-state index contributed by atoms with van der Waals surface area (Å²) in [7, 11) is 0. The van der Waals surface area contributed by atoms with E-state index in [-0.39, 0.29) is 6.04 Å². The molecule has 0 aromatic carbocycles. The minimum Gasteiger partial charge on any atom is -0.472 e. The van der Waals surface area contributed by atoms with Gasteiger partial charge in [-0.3, -0.25) is 0 Å². The Kier molecular flexibility index (Phi) is 3.54. The van der Waals surface area contributed by atoms with Gasteiger partial charge in [-0.05, 0) is 42.8 Å². The zero-order valence-electron chi connectivity index (χ0n) is 8.32. The van der Waals surface area contributed by atoms with Gasteiger partial charge in [-0.15, -0.1) is 0 Å². The molecular weight excluding hydrogens is 194 g/mol. The Labute approximate surface area is 89.2 Å². The van der Waals surface area contributed by atoms with Crippen LogP contribution in [0.1, 0.15) is 30.9 Å². The minimum absolute atomic E-state index is 0.168. The SMILES string of the molecule is NC(CC1CCSCC1)c1ccoc1. The van der Waals surface area contributed by atoms with E-state index >= 15 is 0 Å². The van der Waals surface area contributed by atoms with Crippen LogP contribution in [0.5, 0.6) is 0 Å². The van der Waals surface area contributed by atoms with Gasteiger partial charge in [-0.2, -0.15) is 11.8 Å². The van der Waals surface area contributed by atoms with Crippen LogP contribution in [0.3, 0.4) is 0 Å². The van der Waals surface area contributed by atoms with Gasteiger partial charge in [0.25, 0.3) is 0 Å². The standard InChI is InChI=1S/C11H17NOS/c12-11(10-1-4-13-8-10)7-9-2-5-14-6-3-9/h1,4,8-9,11H,2-3,5-7,12H2. The van der Waals surface area contributed by atoms with Gasteiger partial charge in [0.15, 0.2) is 0 Å². The molecule has 0 radical (unpaired) electrons. The Bertz CT molecular complexity index is 254. The van der Waals surface area contributed by atoms with E-state index in [0.29, 0.717) is 0 Å². The van der Waals surface area contributed by atoms with Gasteiger partial charge in [0.05, 0.1) is 12.5 Å². The fourth-order valence-corrected chi connectivity index (χ4v) is 3.17. The average Bonchev–Trinajstić information content (AvgIpc) is 2.72. The molecule has 0 amide bonds. The third kappa shape index (κ3) is 2.55. The highest BCUT2D eigenvalue weighted by Gasteiger charge is 2.18. The van der Waals surface area contributed by atoms with Crippen molar-refractivity contribution in [2.75, 3.05) is 11.5 Å². The van der Waals surface area contributed by atoms with Crippen molar-refractivity contribution in [1.82, 2.24) is 0 Å². The van der Waals surface area contributed by atoms with Crippen molar-refractivity contribution in [1.29, 1.82) is 0 Å². The van der Waals surface area contributed by atoms with Crippen LogP contribution >= 0.6 is 11.8 Å². The van der Waals surface area contributed by atoms with Gasteiger partial charge in [0, 0.05) is 11.6 Å². The molecule has 1 aromatic rings. The van der Waals surface area contributed by atoms with Crippen molar-refractivity contribution in [3.63, 3.8) is 0 Å². The van der Waals surface area contributed by atoms with Crippen molar-refractivity contribution in [2.45, 2.75) is 25.3 Å². The molecule has 1 fully saturated rings. The van der Waals surface area contributed by atoms with Crippen LogP contribution in [0.4, 0.5) is 0 Å². The Morgan fingerprint density at radius 3 is 2.93 bits per heavy atom. The molecule has 0 saturated carbocycles. The van der Waals surface area contributed by atoms with Crippen LogP contribution in [-0.4, -0.2) is 11.5 Å². The second-order valence-corrected chi connectivity index (χ2v) is 5.18. The second kappa shape index (κ2) is 4.89. The summed E-state index contributed by atoms with van der Waals surface area (Å²) >= 11 is 2.06. The number of nitrogens with two attached hydrogens (primary N) is 1. The lowest BCUT2D eigenvalue weighted by Crippen LogP contribution is -2.18. The van der Waals surface area contributed by atoms with E-state index in [9.17, 15) is 0 Å². The number of thioether (sulfide) groups is 1. The fraction of sp³-hybridized carbons (Fsp3) is 0.636. The summed E-state index contributed by atoms with van der Waals surface area (Å²) in [6, 6.07) is 2.14. The van der Waals surface area contributed by atoms with Gasteiger partial charge in [-0.1, -0.05) is 0 Å². The van der Waals surface area contributed by atoms with Gasteiger partial charge < -0.3 is 10.2 Å². The van der Waals surface area contributed by atoms with Crippen LogP contribution in [-0.2, 0) is 0 Å². The number of hydrogen-bond acceptors (Lipinski definition) is 3. The van der Waals surface area contributed by atoms with Crippen LogP contribution in [0.25, 0.3) is 0 Å². The minimum atomic E-state index is 0.168. The Morgan fingerprint density at radius 1 is 1.50 bits per heavy atom. The molecule has 1 saturated heterocycles. The monoisotopic (exact) mass is 211 g/mol. The maximum Gasteiger partial charge on any atom is 0.0950 e. The van der Waals surface area contributed by atoms with E-state index in [4.69, 9.17) is 10.2 Å². The molecule has 1 aromatic heterocycles. The first-order valence-corrected chi connectivity index (χ1v) is 6.37. The molecule has 2 heterocycles. The molecule has 0 aliphatic carbocycles. The first-order valence-electron chi connectivity index (χ1n) is 5.21. The summed E-state index contributed by atoms with van der Waals surface area (Å²) in [5, 5.41) is 0. The van der Waals surface area contributed by atoms with Crippen LogP contribution < -0.4 is 5.73 Å². The number of furan rings is 1. The lowest BCUT2D eigenvalue weighted by atomic mass is 9.92. The predicted octanol–water partition coefficient (Wildman–Crippen LogP) is 2.81. The molecule has 1 atom stereocenters. The maximum absolute atomic E-state index is 6.10. The van der Waals surface area contributed by atoms with Crippen molar-refractivity contribution in [2.24, 2.45) is 11.7 Å². The van der Waals surface area contributed by atoms with Crippen molar-refractivity contribution < 1.29 is 4.42 Å². The van der Waals surface area contributed by atoms with Gasteiger partial charge >= 0.3 is 0 Å². The molecule has 1 aliphatic heterocycles. The zero-order chi connectivity index (χ0) is 9.80. The molecule has 1 aliphatic rings. The molecule has 1 unspecified atom stereocenters. The fourth-order valence-electron chi connectivity index (χ4n) is 1.96. The molecule has 78 valence electrons. The zero-order valence-corrected chi connectivity index (χ0v) is 9.13. The lowest BCUT2D eigenvalue weighted by Gasteiger charge is -2.23. The molecule has 0 spiro atoms. The smallest absolute Gasteiger partial charge is 0.0950 e. The quantitative estimate of drug-likeness (QED) is 0.835. The molecule has 0 bridgehead atoms. The molecule has 2 rings (SSSR count). The second-order valence-electron chi connectivity index (χ2n) is 3.95. The van der Waals surface area contributed by atoms with Crippen molar-refractivity contribution in [3.8, 4) is 0 Å². The van der Waals surface area contributed by atoms with Crippen molar-refractivity contribution >= 4 is 11.8 Å². The lowest BCUT2D eigenvalue weighted by molar-refractivity contribution is 0.411. The third-order valence-electron chi connectivity index (χ3n) is 2.90. The van der Waals surface area contributed by atoms with Gasteiger partial charge in [0.2, 0.25) is 0 Å². The summed E-state index contributed by atoms with van der Waals surface area (Å²) in [6.45, 7) is 0.